The molecule has 0 unspecified atom stereocenters. The van der Waals surface area contributed by atoms with E-state index in [1.54, 1.807) is 34.1 Å². The van der Waals surface area contributed by atoms with Crippen LogP contribution in [-0.2, 0) is 20.9 Å². The first-order chi connectivity index (χ1) is 16.7. The number of rotatable bonds is 11. The van der Waals surface area contributed by atoms with Crippen LogP contribution in [0, 0.1) is 0 Å². The number of carbonyl (C=O) groups excluding carboxylic acids is 2. The van der Waals surface area contributed by atoms with Crippen LogP contribution in [0.3, 0.4) is 0 Å². The Labute approximate surface area is 216 Å². The molecule has 2 rings (SSSR count). The summed E-state index contributed by atoms with van der Waals surface area (Å²) in [7, 11) is 4.61. The lowest BCUT2D eigenvalue weighted by Gasteiger charge is -2.16. The molecule has 9 heteroatoms. The first kappa shape index (κ1) is 28.2. The van der Waals surface area contributed by atoms with Crippen molar-refractivity contribution in [1.82, 2.24) is 10.6 Å². The van der Waals surface area contributed by atoms with E-state index in [1.165, 1.54) is 19.3 Å². The quantitative estimate of drug-likeness (QED) is 0.325. The van der Waals surface area contributed by atoms with Crippen LogP contribution in [0.4, 0.5) is 0 Å². The Bertz CT molecular complexity index is 1110. The fourth-order valence-electron chi connectivity index (χ4n) is 3.22. The van der Waals surface area contributed by atoms with Gasteiger partial charge in [-0.05, 0) is 48.8 Å². The molecule has 0 aliphatic rings. The van der Waals surface area contributed by atoms with Crippen LogP contribution in [0.5, 0.6) is 11.5 Å². The molecule has 0 aliphatic carbocycles. The molecule has 2 aromatic rings. The van der Waals surface area contributed by atoms with Crippen molar-refractivity contribution in [1.29, 1.82) is 0 Å². The van der Waals surface area contributed by atoms with Gasteiger partial charge in [0.25, 0.3) is 0 Å². The van der Waals surface area contributed by atoms with Gasteiger partial charge in [-0.1, -0.05) is 35.3 Å². The lowest BCUT2D eigenvalue weighted by Crippen LogP contribution is -2.25. The van der Waals surface area contributed by atoms with E-state index >= 15 is 0 Å². The third-order valence-corrected chi connectivity index (χ3v) is 5.89. The van der Waals surface area contributed by atoms with E-state index in [2.05, 4.69) is 10.6 Å². The van der Waals surface area contributed by atoms with Crippen LogP contribution in [0.2, 0.25) is 10.0 Å². The molecule has 2 amide bonds. The van der Waals surface area contributed by atoms with Crippen LogP contribution in [0.1, 0.15) is 30.5 Å². The van der Waals surface area contributed by atoms with Gasteiger partial charge < -0.3 is 24.8 Å². The van der Waals surface area contributed by atoms with Gasteiger partial charge in [-0.2, -0.15) is 0 Å². The highest BCUT2D eigenvalue weighted by Crippen LogP contribution is 2.42. The standard InChI is InChI=1S/C26H30Cl2N2O5/c1-16(12-22(31)29-10-11-33-3)20-14-21(25(28)26(35-5)24(20)27)17(2)13-23(32)30-15-18-6-8-19(34-4)9-7-18/h6-9,12-14H,10-11,15H2,1-5H3,(H,29,31)(H,30,32)/b16-12-,17-13-. The fraction of sp³-hybridized carbons (Fsp3) is 0.308. The molecule has 0 fully saturated rings. The number of allylic oxidation sites excluding steroid dienone is 2. The molecule has 7 nitrogen and oxygen atoms in total. The number of benzene rings is 2. The minimum Gasteiger partial charge on any atom is -0.497 e. The molecule has 0 radical (unpaired) electrons. The lowest BCUT2D eigenvalue weighted by atomic mass is 9.98. The highest BCUT2D eigenvalue weighted by molar-refractivity contribution is 6.39. The third kappa shape index (κ3) is 8.02. The van der Waals surface area contributed by atoms with Gasteiger partial charge in [0, 0.05) is 43.5 Å². The molecule has 2 N–H and O–H groups in total. The Morgan fingerprint density at radius 1 is 0.857 bits per heavy atom. The minimum atomic E-state index is -0.283. The molecule has 0 aliphatic heterocycles. The predicted molar refractivity (Wildman–Crippen MR) is 140 cm³/mol. The second-order valence-electron chi connectivity index (χ2n) is 7.64. The van der Waals surface area contributed by atoms with Gasteiger partial charge in [0.05, 0.1) is 30.9 Å². The number of nitrogens with one attached hydrogen (secondary N) is 2. The Hall–Kier alpha value is -3.00. The van der Waals surface area contributed by atoms with Crippen molar-refractivity contribution in [3.05, 3.63) is 69.2 Å². The summed E-state index contributed by atoms with van der Waals surface area (Å²) in [5.41, 5.74) is 3.28. The number of hydrogen-bond donors (Lipinski definition) is 2. The topological polar surface area (TPSA) is 85.9 Å². The van der Waals surface area contributed by atoms with Gasteiger partial charge in [0.15, 0.2) is 5.75 Å². The van der Waals surface area contributed by atoms with Crippen molar-refractivity contribution in [2.24, 2.45) is 0 Å². The first-order valence-electron chi connectivity index (χ1n) is 10.8. The molecule has 0 spiro atoms. The maximum absolute atomic E-state index is 12.6. The summed E-state index contributed by atoms with van der Waals surface area (Å²) in [6.45, 7) is 4.67. The number of amides is 2. The van der Waals surface area contributed by atoms with Crippen molar-refractivity contribution in [3.63, 3.8) is 0 Å². The monoisotopic (exact) mass is 520 g/mol. The van der Waals surface area contributed by atoms with E-state index in [0.717, 1.165) is 11.3 Å². The first-order valence-corrected chi connectivity index (χ1v) is 11.6. The molecule has 0 heterocycles. The summed E-state index contributed by atoms with van der Waals surface area (Å²) < 4.78 is 15.5. The average Bonchev–Trinajstić information content (AvgIpc) is 2.83. The van der Waals surface area contributed by atoms with Crippen LogP contribution >= 0.6 is 23.2 Å². The van der Waals surface area contributed by atoms with Crippen molar-refractivity contribution in [2.75, 3.05) is 34.5 Å². The molecule has 35 heavy (non-hydrogen) atoms. The van der Waals surface area contributed by atoms with Gasteiger partial charge in [-0.15, -0.1) is 0 Å². The fourth-order valence-corrected chi connectivity index (χ4v) is 4.02. The van der Waals surface area contributed by atoms with E-state index in [4.69, 9.17) is 37.4 Å². The number of ether oxygens (including phenoxy) is 3. The van der Waals surface area contributed by atoms with Gasteiger partial charge in [-0.25, -0.2) is 0 Å². The average molecular weight is 521 g/mol. The Morgan fingerprint density at radius 3 is 1.89 bits per heavy atom. The molecule has 0 saturated heterocycles. The second-order valence-corrected chi connectivity index (χ2v) is 8.39. The van der Waals surface area contributed by atoms with Gasteiger partial charge >= 0.3 is 0 Å². The summed E-state index contributed by atoms with van der Waals surface area (Å²) in [6.07, 6.45) is 2.90. The van der Waals surface area contributed by atoms with Crippen molar-refractivity contribution >= 4 is 46.2 Å². The van der Waals surface area contributed by atoms with Gasteiger partial charge in [0.1, 0.15) is 5.75 Å². The second kappa shape index (κ2) is 13.8. The maximum atomic E-state index is 12.6. The molecular formula is C26H30Cl2N2O5. The van der Waals surface area contributed by atoms with Crippen LogP contribution in [0.25, 0.3) is 11.1 Å². The van der Waals surface area contributed by atoms with E-state index in [-0.39, 0.29) is 27.6 Å². The molecule has 2 aromatic carbocycles. The highest BCUT2D eigenvalue weighted by Gasteiger charge is 2.19. The molecule has 0 saturated carbocycles. The lowest BCUT2D eigenvalue weighted by molar-refractivity contribution is -0.117. The van der Waals surface area contributed by atoms with E-state index in [1.807, 2.05) is 24.3 Å². The summed E-state index contributed by atoms with van der Waals surface area (Å²) >= 11 is 13.1. The van der Waals surface area contributed by atoms with E-state index < -0.39 is 0 Å². The molecule has 0 aromatic heterocycles. The zero-order valence-corrected chi connectivity index (χ0v) is 22.0. The normalized spacial score (nSPS) is 11.7. The highest BCUT2D eigenvalue weighted by atomic mass is 35.5. The van der Waals surface area contributed by atoms with E-state index in [0.29, 0.717) is 42.0 Å². The van der Waals surface area contributed by atoms with Crippen molar-refractivity contribution in [2.45, 2.75) is 20.4 Å². The summed E-state index contributed by atoms with van der Waals surface area (Å²) in [5, 5.41) is 6.13. The van der Waals surface area contributed by atoms with Crippen LogP contribution in [0.15, 0.2) is 42.5 Å². The Balaban J connectivity index is 2.27. The SMILES string of the molecule is COCCNC(=O)/C=C(/C)c1cc(/C(C)=C\C(=O)NCc2ccc(OC)cc2)c(Cl)c(OC)c1Cl. The summed E-state index contributed by atoms with van der Waals surface area (Å²) in [5.74, 6) is 0.445. The molecule has 0 atom stereocenters. The number of methoxy groups -OCH3 is 3. The largest absolute Gasteiger partial charge is 0.497 e. The van der Waals surface area contributed by atoms with Crippen molar-refractivity contribution < 1.29 is 23.8 Å². The van der Waals surface area contributed by atoms with Crippen LogP contribution < -0.4 is 20.1 Å². The summed E-state index contributed by atoms with van der Waals surface area (Å²) in [6, 6.07) is 9.16. The minimum absolute atomic E-state index is 0.264. The maximum Gasteiger partial charge on any atom is 0.244 e. The van der Waals surface area contributed by atoms with Crippen LogP contribution in [-0.4, -0.2) is 46.3 Å². The number of halogens is 2. The zero-order chi connectivity index (χ0) is 26.0. The molecular weight excluding hydrogens is 491 g/mol. The Morgan fingerprint density at radius 2 is 1.40 bits per heavy atom. The molecule has 0 bridgehead atoms. The number of hydrogen-bond acceptors (Lipinski definition) is 5. The molecule has 188 valence electrons. The Kier molecular flexibility index (Phi) is 11.1. The van der Waals surface area contributed by atoms with Crippen molar-refractivity contribution in [3.8, 4) is 11.5 Å². The summed E-state index contributed by atoms with van der Waals surface area (Å²) in [4.78, 5) is 24.8. The van der Waals surface area contributed by atoms with Gasteiger partial charge in [0.2, 0.25) is 11.8 Å². The number of carbonyl (C=O) groups is 2. The smallest absolute Gasteiger partial charge is 0.244 e. The zero-order valence-electron chi connectivity index (χ0n) is 20.5. The predicted octanol–water partition coefficient (Wildman–Crippen LogP) is 4.90. The van der Waals surface area contributed by atoms with E-state index in [9.17, 15) is 9.59 Å². The van der Waals surface area contributed by atoms with Gasteiger partial charge in [-0.3, -0.25) is 9.59 Å². The third-order valence-electron chi connectivity index (χ3n) is 5.14.